The number of rotatable bonds is 6. The molecule has 0 aliphatic heterocycles. The highest BCUT2D eigenvalue weighted by atomic mass is 16.5. The normalized spacial score (nSPS) is 10.6. The number of pyridine rings is 2. The number of H-pyrrole nitrogens is 1. The van der Waals surface area contributed by atoms with Crippen molar-refractivity contribution in [2.24, 2.45) is 0 Å². The monoisotopic (exact) mass is 394 g/mol. The average Bonchev–Trinajstić information content (AvgIpc) is 2.72. The molecule has 2 aromatic heterocycles. The molecule has 3 N–H and O–H groups in total. The number of fused-ring (bicyclic) bond motifs is 1. The van der Waals surface area contributed by atoms with E-state index < -0.39 is 11.8 Å². The Morgan fingerprint density at radius 2 is 1.93 bits per heavy atom. The summed E-state index contributed by atoms with van der Waals surface area (Å²) in [6.45, 7) is 3.71. The molecule has 8 heteroatoms. The van der Waals surface area contributed by atoms with E-state index in [9.17, 15) is 14.4 Å². The number of amides is 2. The lowest BCUT2D eigenvalue weighted by Crippen LogP contribution is -2.38. The Morgan fingerprint density at radius 3 is 2.69 bits per heavy atom. The van der Waals surface area contributed by atoms with Crippen LogP contribution in [0.1, 0.15) is 27.2 Å². The van der Waals surface area contributed by atoms with Crippen molar-refractivity contribution in [1.82, 2.24) is 20.6 Å². The lowest BCUT2D eigenvalue weighted by Gasteiger charge is -2.13. The molecule has 8 nitrogen and oxygen atoms in total. The van der Waals surface area contributed by atoms with Crippen molar-refractivity contribution in [3.05, 3.63) is 69.3 Å². The van der Waals surface area contributed by atoms with Gasteiger partial charge in [-0.2, -0.15) is 0 Å². The van der Waals surface area contributed by atoms with Gasteiger partial charge in [-0.05, 0) is 26.0 Å². The second-order valence-electron chi connectivity index (χ2n) is 6.58. The van der Waals surface area contributed by atoms with Crippen LogP contribution in [-0.4, -0.2) is 35.4 Å². The fraction of sp³-hybridized carbons (Fsp3) is 0.238. The quantitative estimate of drug-likeness (QED) is 0.588. The standard InChI is InChI=1S/C21H22N4O4/c1-12-8-22-17(13(2)20(12)29-3)10-24-18(26)11-25-21(28)15-9-23-16-7-5-4-6-14(16)19(15)27/h4-9H,10-11H2,1-3H3,(H,23,27)(H,24,26)(H,25,28). The van der Waals surface area contributed by atoms with E-state index in [1.165, 1.54) is 6.20 Å². The molecule has 0 bridgehead atoms. The molecule has 0 atom stereocenters. The Kier molecular flexibility index (Phi) is 5.92. The summed E-state index contributed by atoms with van der Waals surface area (Å²) in [5, 5.41) is 5.59. The van der Waals surface area contributed by atoms with Gasteiger partial charge in [0.1, 0.15) is 11.3 Å². The van der Waals surface area contributed by atoms with Gasteiger partial charge in [0.2, 0.25) is 11.3 Å². The Hall–Kier alpha value is -3.68. The second-order valence-corrected chi connectivity index (χ2v) is 6.58. The molecule has 3 aromatic rings. The summed E-state index contributed by atoms with van der Waals surface area (Å²) in [6, 6.07) is 6.91. The van der Waals surface area contributed by atoms with E-state index in [2.05, 4.69) is 20.6 Å². The molecule has 0 radical (unpaired) electrons. The summed E-state index contributed by atoms with van der Waals surface area (Å²) < 4.78 is 5.35. The number of nitrogens with zero attached hydrogens (tertiary/aromatic N) is 1. The highest BCUT2D eigenvalue weighted by Gasteiger charge is 2.15. The summed E-state index contributed by atoms with van der Waals surface area (Å²) in [4.78, 5) is 44.1. The molecule has 2 amide bonds. The number of aryl methyl sites for hydroxylation is 1. The van der Waals surface area contributed by atoms with Crippen LogP contribution >= 0.6 is 0 Å². The van der Waals surface area contributed by atoms with Crippen LogP contribution < -0.4 is 20.8 Å². The number of aromatic nitrogens is 2. The smallest absolute Gasteiger partial charge is 0.257 e. The van der Waals surface area contributed by atoms with Gasteiger partial charge in [0.05, 0.1) is 25.9 Å². The van der Waals surface area contributed by atoms with Crippen molar-refractivity contribution < 1.29 is 14.3 Å². The number of hydrogen-bond acceptors (Lipinski definition) is 5. The number of ether oxygens (including phenoxy) is 1. The summed E-state index contributed by atoms with van der Waals surface area (Å²) in [5.74, 6) is -0.275. The van der Waals surface area contributed by atoms with Crippen LogP contribution in [0.25, 0.3) is 10.9 Å². The van der Waals surface area contributed by atoms with Gasteiger partial charge in [-0.15, -0.1) is 0 Å². The summed E-state index contributed by atoms with van der Waals surface area (Å²) in [6.07, 6.45) is 3.03. The third kappa shape index (κ3) is 4.26. The first-order valence-corrected chi connectivity index (χ1v) is 9.06. The van der Waals surface area contributed by atoms with Crippen molar-refractivity contribution >= 4 is 22.7 Å². The maximum absolute atomic E-state index is 12.4. The molecule has 0 aliphatic carbocycles. The van der Waals surface area contributed by atoms with Crippen LogP contribution in [0.4, 0.5) is 0 Å². The van der Waals surface area contributed by atoms with Gasteiger partial charge in [-0.3, -0.25) is 19.4 Å². The highest BCUT2D eigenvalue weighted by molar-refractivity contribution is 5.98. The molecular weight excluding hydrogens is 372 g/mol. The van der Waals surface area contributed by atoms with E-state index in [-0.39, 0.29) is 24.1 Å². The molecule has 0 fully saturated rings. The van der Waals surface area contributed by atoms with E-state index in [4.69, 9.17) is 4.74 Å². The van der Waals surface area contributed by atoms with Crippen LogP contribution in [0.2, 0.25) is 0 Å². The molecule has 0 aliphatic rings. The van der Waals surface area contributed by atoms with Crippen molar-refractivity contribution in [3.8, 4) is 5.75 Å². The third-order valence-electron chi connectivity index (χ3n) is 4.65. The third-order valence-corrected chi connectivity index (χ3v) is 4.65. The van der Waals surface area contributed by atoms with Crippen molar-refractivity contribution in [1.29, 1.82) is 0 Å². The SMILES string of the molecule is COc1c(C)cnc(CNC(=O)CNC(=O)c2c[nH]c3ccccc3c2=O)c1C. The molecule has 3 rings (SSSR count). The van der Waals surface area contributed by atoms with Gasteiger partial charge in [0.25, 0.3) is 5.91 Å². The maximum atomic E-state index is 12.4. The first-order chi connectivity index (χ1) is 13.9. The minimum absolute atomic E-state index is 0.0442. The van der Waals surface area contributed by atoms with Crippen molar-refractivity contribution in [2.45, 2.75) is 20.4 Å². The van der Waals surface area contributed by atoms with Crippen LogP contribution in [0.5, 0.6) is 5.75 Å². The lowest BCUT2D eigenvalue weighted by molar-refractivity contribution is -0.120. The van der Waals surface area contributed by atoms with Crippen LogP contribution in [0.15, 0.2) is 41.5 Å². The van der Waals surface area contributed by atoms with Gasteiger partial charge >= 0.3 is 0 Å². The van der Waals surface area contributed by atoms with E-state index in [0.717, 1.165) is 16.9 Å². The molecule has 1 aromatic carbocycles. The number of aromatic amines is 1. The fourth-order valence-electron chi connectivity index (χ4n) is 3.09. The van der Waals surface area contributed by atoms with Crippen LogP contribution in [-0.2, 0) is 11.3 Å². The minimum Gasteiger partial charge on any atom is -0.496 e. The topological polar surface area (TPSA) is 113 Å². The lowest BCUT2D eigenvalue weighted by atomic mass is 10.1. The van der Waals surface area contributed by atoms with Crippen molar-refractivity contribution in [2.75, 3.05) is 13.7 Å². The first kappa shape index (κ1) is 20.1. The van der Waals surface area contributed by atoms with E-state index in [1.807, 2.05) is 13.8 Å². The van der Waals surface area contributed by atoms with Gasteiger partial charge in [-0.25, -0.2) is 0 Å². The summed E-state index contributed by atoms with van der Waals surface area (Å²) in [5.41, 5.74) is 2.65. The Bertz CT molecular complexity index is 1140. The maximum Gasteiger partial charge on any atom is 0.257 e. The number of hydrogen-bond donors (Lipinski definition) is 3. The molecular formula is C21H22N4O4. The predicted octanol–water partition coefficient (Wildman–Crippen LogP) is 1.59. The molecule has 0 unspecified atom stereocenters. The number of para-hydroxylation sites is 1. The fourth-order valence-corrected chi connectivity index (χ4v) is 3.09. The number of nitrogens with one attached hydrogen (secondary N) is 3. The second kappa shape index (κ2) is 8.55. The predicted molar refractivity (Wildman–Crippen MR) is 109 cm³/mol. The van der Waals surface area contributed by atoms with Crippen LogP contribution in [0, 0.1) is 13.8 Å². The molecule has 29 heavy (non-hydrogen) atoms. The number of carbonyl (C=O) groups excluding carboxylic acids is 2. The summed E-state index contributed by atoms with van der Waals surface area (Å²) >= 11 is 0. The van der Waals surface area contributed by atoms with Crippen LogP contribution in [0.3, 0.4) is 0 Å². The zero-order chi connectivity index (χ0) is 21.0. The van der Waals surface area contributed by atoms with E-state index in [0.29, 0.717) is 16.6 Å². The molecule has 0 spiro atoms. The molecule has 0 saturated heterocycles. The van der Waals surface area contributed by atoms with Gasteiger partial charge in [-0.1, -0.05) is 12.1 Å². The zero-order valence-corrected chi connectivity index (χ0v) is 16.5. The average molecular weight is 394 g/mol. The van der Waals surface area contributed by atoms with Crippen molar-refractivity contribution in [3.63, 3.8) is 0 Å². The Balaban J connectivity index is 1.61. The van der Waals surface area contributed by atoms with Gasteiger partial charge < -0.3 is 20.4 Å². The molecule has 0 saturated carbocycles. The Labute approximate surface area is 167 Å². The zero-order valence-electron chi connectivity index (χ0n) is 16.5. The molecule has 2 heterocycles. The Morgan fingerprint density at radius 1 is 1.17 bits per heavy atom. The largest absolute Gasteiger partial charge is 0.496 e. The van der Waals surface area contributed by atoms with Gasteiger partial charge in [0, 0.05) is 34.4 Å². The molecule has 150 valence electrons. The minimum atomic E-state index is -0.613. The number of benzene rings is 1. The number of methoxy groups -OCH3 is 1. The van der Waals surface area contributed by atoms with Gasteiger partial charge in [0.15, 0.2) is 0 Å². The summed E-state index contributed by atoms with van der Waals surface area (Å²) in [7, 11) is 1.59. The highest BCUT2D eigenvalue weighted by Crippen LogP contribution is 2.23. The number of carbonyl (C=O) groups is 2. The first-order valence-electron chi connectivity index (χ1n) is 9.06. The van der Waals surface area contributed by atoms with E-state index >= 15 is 0 Å². The van der Waals surface area contributed by atoms with E-state index in [1.54, 1.807) is 37.6 Å².